The highest BCUT2D eigenvalue weighted by atomic mass is 15.2. The van der Waals surface area contributed by atoms with Crippen molar-refractivity contribution < 1.29 is 0 Å². The maximum atomic E-state index is 2.50. The fourth-order valence-electron chi connectivity index (χ4n) is 1.85. The molecule has 0 N–H and O–H groups in total. The molecule has 0 unspecified atom stereocenters. The lowest BCUT2D eigenvalue weighted by atomic mass is 10.3. The molecule has 2 nitrogen and oxygen atoms in total. The van der Waals surface area contributed by atoms with Crippen molar-refractivity contribution in [3.63, 3.8) is 0 Å². The lowest BCUT2D eigenvalue weighted by Gasteiger charge is -2.16. The Hall–Kier alpha value is -0.760. The summed E-state index contributed by atoms with van der Waals surface area (Å²) < 4.78 is 2.37. The van der Waals surface area contributed by atoms with Gasteiger partial charge in [-0.2, -0.15) is 0 Å². The van der Waals surface area contributed by atoms with Crippen molar-refractivity contribution in [1.29, 1.82) is 0 Å². The van der Waals surface area contributed by atoms with E-state index in [-0.39, 0.29) is 0 Å². The Balaban J connectivity index is 2.18. The quantitative estimate of drug-likeness (QED) is 0.613. The van der Waals surface area contributed by atoms with Crippen molar-refractivity contribution >= 4 is 0 Å². The molecule has 0 spiro atoms. The third-order valence-corrected chi connectivity index (χ3v) is 2.63. The van der Waals surface area contributed by atoms with Crippen LogP contribution in [-0.4, -0.2) is 22.6 Å². The van der Waals surface area contributed by atoms with Crippen LogP contribution < -0.4 is 0 Å². The van der Waals surface area contributed by atoms with Gasteiger partial charge in [0.2, 0.25) is 0 Å². The first-order valence-electron chi connectivity index (χ1n) is 4.76. The SMILES string of the molecule is CCN1CCCn2cccc2C1. The Labute approximate surface area is 73.8 Å². The highest BCUT2D eigenvalue weighted by Gasteiger charge is 2.10. The second kappa shape index (κ2) is 3.31. The number of nitrogens with zero attached hydrogens (tertiary/aromatic N) is 2. The first kappa shape index (κ1) is 7.87. The third-order valence-electron chi connectivity index (χ3n) is 2.63. The second-order valence-electron chi connectivity index (χ2n) is 3.42. The number of hydrogen-bond donors (Lipinski definition) is 0. The fraction of sp³-hybridized carbons (Fsp3) is 0.600. The van der Waals surface area contributed by atoms with Crippen molar-refractivity contribution in [3.05, 3.63) is 24.0 Å². The fourth-order valence-corrected chi connectivity index (χ4v) is 1.85. The molecule has 0 aliphatic carbocycles. The number of rotatable bonds is 1. The van der Waals surface area contributed by atoms with Crippen LogP contribution in [0.4, 0.5) is 0 Å². The predicted molar refractivity (Wildman–Crippen MR) is 50.0 cm³/mol. The van der Waals surface area contributed by atoms with Crippen molar-refractivity contribution in [3.8, 4) is 0 Å². The number of aryl methyl sites for hydroxylation is 1. The highest BCUT2D eigenvalue weighted by Crippen LogP contribution is 2.11. The van der Waals surface area contributed by atoms with Gasteiger partial charge in [-0.3, -0.25) is 4.90 Å². The van der Waals surface area contributed by atoms with Gasteiger partial charge in [0, 0.05) is 31.5 Å². The van der Waals surface area contributed by atoms with Gasteiger partial charge < -0.3 is 4.57 Å². The summed E-state index contributed by atoms with van der Waals surface area (Å²) in [4.78, 5) is 2.50. The summed E-state index contributed by atoms with van der Waals surface area (Å²) in [7, 11) is 0. The zero-order valence-corrected chi connectivity index (χ0v) is 7.66. The van der Waals surface area contributed by atoms with Gasteiger partial charge in [0.15, 0.2) is 0 Å². The van der Waals surface area contributed by atoms with Gasteiger partial charge in [-0.15, -0.1) is 0 Å². The lowest BCUT2D eigenvalue weighted by Crippen LogP contribution is -2.22. The summed E-state index contributed by atoms with van der Waals surface area (Å²) in [5.41, 5.74) is 1.47. The van der Waals surface area contributed by atoms with Crippen LogP contribution in [0.25, 0.3) is 0 Å². The summed E-state index contributed by atoms with van der Waals surface area (Å²) in [5.74, 6) is 0. The smallest absolute Gasteiger partial charge is 0.0387 e. The molecular formula is C10H16N2. The summed E-state index contributed by atoms with van der Waals surface area (Å²) in [6.45, 7) is 6.98. The van der Waals surface area contributed by atoms with Gasteiger partial charge in [-0.25, -0.2) is 0 Å². The molecule has 2 heterocycles. The molecule has 2 heteroatoms. The number of fused-ring (bicyclic) bond motifs is 1. The first-order chi connectivity index (χ1) is 5.90. The average Bonchev–Trinajstić information content (AvgIpc) is 2.43. The average molecular weight is 164 g/mol. The molecule has 0 atom stereocenters. The van der Waals surface area contributed by atoms with Gasteiger partial charge in [0.1, 0.15) is 0 Å². The molecule has 0 saturated heterocycles. The zero-order chi connectivity index (χ0) is 8.39. The topological polar surface area (TPSA) is 8.17 Å². The molecule has 1 aromatic rings. The van der Waals surface area contributed by atoms with Gasteiger partial charge in [-0.05, 0) is 25.1 Å². The highest BCUT2D eigenvalue weighted by molar-refractivity contribution is 5.07. The van der Waals surface area contributed by atoms with Crippen LogP contribution in [0.1, 0.15) is 19.0 Å². The molecule has 0 radical (unpaired) electrons. The Bertz CT molecular complexity index is 252. The van der Waals surface area contributed by atoms with Gasteiger partial charge in [0.25, 0.3) is 0 Å². The molecule has 66 valence electrons. The van der Waals surface area contributed by atoms with Gasteiger partial charge in [-0.1, -0.05) is 6.92 Å². The molecular weight excluding hydrogens is 148 g/mol. The van der Waals surface area contributed by atoms with E-state index in [1.54, 1.807) is 0 Å². The van der Waals surface area contributed by atoms with E-state index in [9.17, 15) is 0 Å². The van der Waals surface area contributed by atoms with E-state index in [0.717, 1.165) is 6.54 Å². The molecule has 0 saturated carbocycles. The van der Waals surface area contributed by atoms with E-state index >= 15 is 0 Å². The summed E-state index contributed by atoms with van der Waals surface area (Å²) >= 11 is 0. The van der Waals surface area contributed by atoms with Crippen LogP contribution in [-0.2, 0) is 13.1 Å². The van der Waals surface area contributed by atoms with E-state index in [1.807, 2.05) is 0 Å². The largest absolute Gasteiger partial charge is 0.350 e. The van der Waals surface area contributed by atoms with Crippen LogP contribution in [0.2, 0.25) is 0 Å². The third kappa shape index (κ3) is 1.39. The van der Waals surface area contributed by atoms with E-state index in [4.69, 9.17) is 0 Å². The minimum Gasteiger partial charge on any atom is -0.350 e. The van der Waals surface area contributed by atoms with Crippen LogP contribution >= 0.6 is 0 Å². The monoisotopic (exact) mass is 164 g/mol. The van der Waals surface area contributed by atoms with E-state index in [1.165, 1.54) is 31.7 Å². The predicted octanol–water partition coefficient (Wildman–Crippen LogP) is 1.71. The Morgan fingerprint density at radius 1 is 1.42 bits per heavy atom. The van der Waals surface area contributed by atoms with E-state index in [2.05, 4.69) is 34.7 Å². The molecule has 1 aromatic heterocycles. The molecule has 0 bridgehead atoms. The van der Waals surface area contributed by atoms with Crippen molar-refractivity contribution in [1.82, 2.24) is 9.47 Å². The molecule has 1 aliphatic heterocycles. The molecule has 0 aromatic carbocycles. The summed E-state index contributed by atoms with van der Waals surface area (Å²) in [5, 5.41) is 0. The zero-order valence-electron chi connectivity index (χ0n) is 7.66. The van der Waals surface area contributed by atoms with Gasteiger partial charge in [0.05, 0.1) is 0 Å². The van der Waals surface area contributed by atoms with Crippen LogP contribution in [0, 0.1) is 0 Å². The van der Waals surface area contributed by atoms with Crippen molar-refractivity contribution in [2.24, 2.45) is 0 Å². The van der Waals surface area contributed by atoms with Crippen LogP contribution in [0.5, 0.6) is 0 Å². The van der Waals surface area contributed by atoms with Crippen molar-refractivity contribution in [2.45, 2.75) is 26.4 Å². The van der Waals surface area contributed by atoms with Gasteiger partial charge >= 0.3 is 0 Å². The summed E-state index contributed by atoms with van der Waals surface area (Å²) in [6, 6.07) is 4.38. The molecule has 0 fully saturated rings. The van der Waals surface area contributed by atoms with E-state index < -0.39 is 0 Å². The maximum Gasteiger partial charge on any atom is 0.0387 e. The molecule has 0 amide bonds. The first-order valence-corrected chi connectivity index (χ1v) is 4.76. The number of aromatic nitrogens is 1. The Morgan fingerprint density at radius 3 is 3.17 bits per heavy atom. The minimum atomic E-state index is 1.13. The van der Waals surface area contributed by atoms with Crippen molar-refractivity contribution in [2.75, 3.05) is 13.1 Å². The minimum absolute atomic E-state index is 1.13. The maximum absolute atomic E-state index is 2.50. The standard InChI is InChI=1S/C10H16N2/c1-2-11-6-4-8-12-7-3-5-10(12)9-11/h3,5,7H,2,4,6,8-9H2,1H3. The molecule has 1 aliphatic rings. The lowest BCUT2D eigenvalue weighted by molar-refractivity contribution is 0.284. The van der Waals surface area contributed by atoms with Crippen LogP contribution in [0.3, 0.4) is 0 Å². The second-order valence-corrected chi connectivity index (χ2v) is 3.42. The normalized spacial score (nSPS) is 18.8. The molecule has 12 heavy (non-hydrogen) atoms. The Morgan fingerprint density at radius 2 is 2.33 bits per heavy atom. The number of hydrogen-bond acceptors (Lipinski definition) is 1. The molecule has 2 rings (SSSR count). The Kier molecular flexibility index (Phi) is 2.17. The van der Waals surface area contributed by atoms with E-state index in [0.29, 0.717) is 0 Å². The summed E-state index contributed by atoms with van der Waals surface area (Å²) in [6.07, 6.45) is 3.48. The van der Waals surface area contributed by atoms with Crippen LogP contribution in [0.15, 0.2) is 18.3 Å².